The van der Waals surface area contributed by atoms with Crippen LogP contribution >= 0.6 is 0 Å². The monoisotopic (exact) mass is 287 g/mol. The number of aromatic hydroxyl groups is 1. The van der Waals surface area contributed by atoms with Crippen LogP contribution in [0.5, 0.6) is 5.75 Å². The topological polar surface area (TPSA) is 40.5 Å². The van der Waals surface area contributed by atoms with Crippen LogP contribution in [0.1, 0.15) is 34.5 Å². The Morgan fingerprint density at radius 1 is 1.24 bits per heavy atom. The molecular formula is C17H18FNO2. The maximum atomic E-state index is 13.1. The van der Waals surface area contributed by atoms with E-state index in [-0.39, 0.29) is 23.5 Å². The van der Waals surface area contributed by atoms with E-state index in [0.29, 0.717) is 16.7 Å². The molecule has 2 rings (SSSR count). The molecule has 1 atom stereocenters. The maximum Gasteiger partial charge on any atom is 0.254 e. The van der Waals surface area contributed by atoms with Gasteiger partial charge in [-0.2, -0.15) is 0 Å². The molecule has 0 saturated carbocycles. The number of aryl methyl sites for hydroxylation is 1. The molecule has 0 radical (unpaired) electrons. The average Bonchev–Trinajstić information content (AvgIpc) is 2.45. The molecule has 21 heavy (non-hydrogen) atoms. The van der Waals surface area contributed by atoms with Crippen molar-refractivity contribution >= 4 is 5.91 Å². The van der Waals surface area contributed by atoms with E-state index in [4.69, 9.17) is 0 Å². The summed E-state index contributed by atoms with van der Waals surface area (Å²) in [6.07, 6.45) is 0. The van der Waals surface area contributed by atoms with Crippen LogP contribution in [0.3, 0.4) is 0 Å². The normalized spacial score (nSPS) is 12.0. The first-order valence-electron chi connectivity index (χ1n) is 6.73. The molecular weight excluding hydrogens is 269 g/mol. The molecule has 0 spiro atoms. The van der Waals surface area contributed by atoms with Gasteiger partial charge in [0.05, 0.1) is 6.04 Å². The van der Waals surface area contributed by atoms with Gasteiger partial charge < -0.3 is 10.0 Å². The summed E-state index contributed by atoms with van der Waals surface area (Å²) in [6.45, 7) is 3.54. The van der Waals surface area contributed by atoms with Gasteiger partial charge in [-0.1, -0.05) is 18.2 Å². The molecule has 4 heteroatoms. The summed E-state index contributed by atoms with van der Waals surface area (Å²) in [5.41, 5.74) is 1.73. The number of hydrogen-bond acceptors (Lipinski definition) is 2. The summed E-state index contributed by atoms with van der Waals surface area (Å²) in [7, 11) is 1.67. The van der Waals surface area contributed by atoms with Gasteiger partial charge in [0, 0.05) is 18.2 Å². The predicted octanol–water partition coefficient (Wildman–Crippen LogP) is 3.67. The fourth-order valence-electron chi connectivity index (χ4n) is 2.28. The molecule has 1 N–H and O–H groups in total. The minimum atomic E-state index is -0.361. The van der Waals surface area contributed by atoms with Crippen molar-refractivity contribution in [2.45, 2.75) is 19.9 Å². The van der Waals surface area contributed by atoms with Gasteiger partial charge in [-0.3, -0.25) is 4.79 Å². The molecule has 0 aliphatic heterocycles. The molecule has 2 aromatic carbocycles. The SMILES string of the molecule is Cc1cc(F)ccc1C(=O)N(C)C(C)c1ccccc1O. The minimum Gasteiger partial charge on any atom is -0.508 e. The zero-order chi connectivity index (χ0) is 15.6. The number of carbonyl (C=O) groups excluding carboxylic acids is 1. The lowest BCUT2D eigenvalue weighted by Gasteiger charge is -2.26. The molecule has 0 heterocycles. The van der Waals surface area contributed by atoms with E-state index >= 15 is 0 Å². The zero-order valence-electron chi connectivity index (χ0n) is 12.3. The predicted molar refractivity (Wildman–Crippen MR) is 79.8 cm³/mol. The Morgan fingerprint density at radius 3 is 2.52 bits per heavy atom. The van der Waals surface area contributed by atoms with E-state index in [1.165, 1.54) is 23.1 Å². The molecule has 0 aliphatic rings. The Balaban J connectivity index is 2.29. The summed E-state index contributed by atoms with van der Waals surface area (Å²) in [5.74, 6) is -0.413. The van der Waals surface area contributed by atoms with Crippen LogP contribution in [0.25, 0.3) is 0 Å². The fourth-order valence-corrected chi connectivity index (χ4v) is 2.28. The number of hydrogen-bond donors (Lipinski definition) is 1. The van der Waals surface area contributed by atoms with Gasteiger partial charge in [0.2, 0.25) is 0 Å². The van der Waals surface area contributed by atoms with Crippen molar-refractivity contribution in [3.63, 3.8) is 0 Å². The van der Waals surface area contributed by atoms with Crippen LogP contribution < -0.4 is 0 Å². The summed E-state index contributed by atoms with van der Waals surface area (Å²) >= 11 is 0. The van der Waals surface area contributed by atoms with E-state index in [0.717, 1.165) is 0 Å². The van der Waals surface area contributed by atoms with Gasteiger partial charge in [0.25, 0.3) is 5.91 Å². The summed E-state index contributed by atoms with van der Waals surface area (Å²) in [5, 5.41) is 9.89. The second kappa shape index (κ2) is 5.95. The van der Waals surface area contributed by atoms with Crippen LogP contribution in [0.2, 0.25) is 0 Å². The van der Waals surface area contributed by atoms with Crippen molar-refractivity contribution < 1.29 is 14.3 Å². The Morgan fingerprint density at radius 2 is 1.90 bits per heavy atom. The highest BCUT2D eigenvalue weighted by atomic mass is 19.1. The molecule has 110 valence electrons. The van der Waals surface area contributed by atoms with E-state index in [9.17, 15) is 14.3 Å². The highest BCUT2D eigenvalue weighted by molar-refractivity contribution is 5.95. The van der Waals surface area contributed by atoms with E-state index < -0.39 is 0 Å². The first-order chi connectivity index (χ1) is 9.91. The summed E-state index contributed by atoms with van der Waals surface area (Å²) < 4.78 is 13.1. The molecule has 0 bridgehead atoms. The first kappa shape index (κ1) is 15.0. The van der Waals surface area contributed by atoms with Gasteiger partial charge in [0.1, 0.15) is 11.6 Å². The van der Waals surface area contributed by atoms with Crippen molar-refractivity contribution in [2.24, 2.45) is 0 Å². The Labute approximate surface area is 123 Å². The van der Waals surface area contributed by atoms with Crippen molar-refractivity contribution in [3.05, 3.63) is 65.0 Å². The third kappa shape index (κ3) is 3.05. The van der Waals surface area contributed by atoms with Crippen LogP contribution in [0, 0.1) is 12.7 Å². The van der Waals surface area contributed by atoms with Crippen molar-refractivity contribution in [3.8, 4) is 5.75 Å². The number of carbonyl (C=O) groups is 1. The van der Waals surface area contributed by atoms with E-state index in [1.807, 2.05) is 13.0 Å². The number of para-hydroxylation sites is 1. The quantitative estimate of drug-likeness (QED) is 0.935. The van der Waals surface area contributed by atoms with Gasteiger partial charge in [-0.05, 0) is 43.7 Å². The molecule has 3 nitrogen and oxygen atoms in total. The number of amides is 1. The Kier molecular flexibility index (Phi) is 4.26. The minimum absolute atomic E-state index is 0.153. The molecule has 2 aromatic rings. The smallest absolute Gasteiger partial charge is 0.254 e. The Bertz CT molecular complexity index is 670. The number of nitrogens with zero attached hydrogens (tertiary/aromatic N) is 1. The maximum absolute atomic E-state index is 13.1. The lowest BCUT2D eigenvalue weighted by molar-refractivity contribution is 0.0740. The van der Waals surface area contributed by atoms with Crippen LogP contribution in [0.15, 0.2) is 42.5 Å². The highest BCUT2D eigenvalue weighted by Gasteiger charge is 2.22. The number of rotatable bonds is 3. The Hall–Kier alpha value is -2.36. The van der Waals surface area contributed by atoms with Crippen LogP contribution in [-0.4, -0.2) is 23.0 Å². The van der Waals surface area contributed by atoms with Crippen molar-refractivity contribution in [1.82, 2.24) is 4.90 Å². The molecule has 0 aromatic heterocycles. The van der Waals surface area contributed by atoms with Crippen LogP contribution in [0.4, 0.5) is 4.39 Å². The fraction of sp³-hybridized carbons (Fsp3) is 0.235. The van der Waals surface area contributed by atoms with Crippen LogP contribution in [-0.2, 0) is 0 Å². The number of phenols is 1. The van der Waals surface area contributed by atoms with Gasteiger partial charge in [0.15, 0.2) is 0 Å². The second-order valence-corrected chi connectivity index (χ2v) is 5.11. The lowest BCUT2D eigenvalue weighted by atomic mass is 10.0. The van der Waals surface area contributed by atoms with Gasteiger partial charge in [-0.15, -0.1) is 0 Å². The van der Waals surface area contributed by atoms with E-state index in [1.54, 1.807) is 32.2 Å². The number of halogens is 1. The van der Waals surface area contributed by atoms with Crippen molar-refractivity contribution in [2.75, 3.05) is 7.05 Å². The standard InChI is InChI=1S/C17H18FNO2/c1-11-10-13(18)8-9-14(11)17(21)19(3)12(2)15-6-4-5-7-16(15)20/h4-10,12,20H,1-3H3. The molecule has 0 aliphatic carbocycles. The summed E-state index contributed by atoms with van der Waals surface area (Å²) in [4.78, 5) is 14.1. The largest absolute Gasteiger partial charge is 0.508 e. The van der Waals surface area contributed by atoms with Gasteiger partial charge >= 0.3 is 0 Å². The number of benzene rings is 2. The third-order valence-electron chi connectivity index (χ3n) is 3.71. The van der Waals surface area contributed by atoms with Crippen molar-refractivity contribution in [1.29, 1.82) is 0 Å². The lowest BCUT2D eigenvalue weighted by Crippen LogP contribution is -2.30. The van der Waals surface area contributed by atoms with E-state index in [2.05, 4.69) is 0 Å². The third-order valence-corrected chi connectivity index (χ3v) is 3.71. The first-order valence-corrected chi connectivity index (χ1v) is 6.73. The molecule has 1 amide bonds. The molecule has 0 fully saturated rings. The zero-order valence-corrected chi connectivity index (χ0v) is 12.3. The second-order valence-electron chi connectivity index (χ2n) is 5.11. The average molecular weight is 287 g/mol. The summed E-state index contributed by atoms with van der Waals surface area (Å²) in [6, 6.07) is 10.7. The number of phenolic OH excluding ortho intramolecular Hbond substituents is 1. The highest BCUT2D eigenvalue weighted by Crippen LogP contribution is 2.28. The van der Waals surface area contributed by atoms with Gasteiger partial charge in [-0.25, -0.2) is 4.39 Å². The molecule has 0 saturated heterocycles. The molecule has 1 unspecified atom stereocenters.